The monoisotopic (exact) mass is 416 g/mol. The Labute approximate surface area is 162 Å². The molecule has 152 valence electrons. The summed E-state index contributed by atoms with van der Waals surface area (Å²) in [6.45, 7) is 0. The second kappa shape index (κ2) is 7.14. The zero-order valence-corrected chi connectivity index (χ0v) is 14.3. The molecule has 0 radical (unpaired) electrons. The van der Waals surface area contributed by atoms with Crippen molar-refractivity contribution in [3.05, 3.63) is 9.81 Å². The van der Waals surface area contributed by atoms with Crippen LogP contribution in [-0.4, -0.2) is 29.9 Å². The van der Waals surface area contributed by atoms with Crippen molar-refractivity contribution >= 4 is 44.7 Å². The molecular weight excluding hydrogens is 408 g/mol. The molecule has 0 atom stereocenters. The smallest absolute Gasteiger partial charge is 0.303 e. The van der Waals surface area contributed by atoms with Gasteiger partial charge >= 0.3 is 23.5 Å². The van der Waals surface area contributed by atoms with Gasteiger partial charge in [-0.1, -0.05) is 0 Å². The zero-order valence-electron chi connectivity index (χ0n) is 14.3. The van der Waals surface area contributed by atoms with Crippen LogP contribution in [0.4, 0.5) is 11.6 Å². The van der Waals surface area contributed by atoms with E-state index in [0.29, 0.717) is 0 Å². The van der Waals surface area contributed by atoms with Gasteiger partial charge in [-0.05, 0) is 10.4 Å². The number of nitrogens with two attached hydrogens (primary N) is 4. The van der Waals surface area contributed by atoms with Crippen molar-refractivity contribution in [2.75, 3.05) is 0 Å². The molecule has 18 nitrogen and oxygen atoms in total. The Balaban J connectivity index is 2.33. The van der Waals surface area contributed by atoms with Gasteiger partial charge in [-0.3, -0.25) is 0 Å². The van der Waals surface area contributed by atoms with Gasteiger partial charge in [-0.15, -0.1) is 9.81 Å². The zero-order chi connectivity index (χ0) is 21.4. The van der Waals surface area contributed by atoms with Crippen LogP contribution in [0.2, 0.25) is 0 Å². The Bertz CT molecular complexity index is 1240. The summed E-state index contributed by atoms with van der Waals surface area (Å²) < 4.78 is 0. The molecule has 0 saturated carbocycles. The highest BCUT2D eigenvalue weighted by atomic mass is 16.7. The lowest BCUT2D eigenvalue weighted by atomic mass is 10.2. The normalized spacial score (nSPS) is 10.9. The summed E-state index contributed by atoms with van der Waals surface area (Å²) in [7, 11) is 0. The molecule has 0 unspecified atom stereocenters. The van der Waals surface area contributed by atoms with Gasteiger partial charge in [0, 0.05) is 0 Å². The molecule has 0 bridgehead atoms. The molecule has 0 aliphatic heterocycles. The van der Waals surface area contributed by atoms with Gasteiger partial charge in [0.1, 0.15) is 33.1 Å². The summed E-state index contributed by atoms with van der Waals surface area (Å²) >= 11 is 0. The number of rotatable bonds is 6. The SMILES string of the molecule is NOc1nc2c3nc(N=O)c(N=O)nc3c3nc(ON)c(ON)nc3c2nc1ON. The maximum Gasteiger partial charge on any atom is 0.303 e. The van der Waals surface area contributed by atoms with Crippen LogP contribution in [0.25, 0.3) is 33.1 Å². The summed E-state index contributed by atoms with van der Waals surface area (Å²) in [5.41, 5.74) is -0.322. The van der Waals surface area contributed by atoms with Crippen molar-refractivity contribution in [2.45, 2.75) is 0 Å². The predicted molar refractivity (Wildman–Crippen MR) is 95.9 cm³/mol. The average molecular weight is 416 g/mol. The molecule has 0 amide bonds. The van der Waals surface area contributed by atoms with Crippen LogP contribution >= 0.6 is 0 Å². The molecule has 3 heterocycles. The van der Waals surface area contributed by atoms with E-state index in [1.807, 2.05) is 0 Å². The number of benzene rings is 1. The maximum atomic E-state index is 11.1. The maximum absolute atomic E-state index is 11.1. The van der Waals surface area contributed by atoms with Gasteiger partial charge in [0.25, 0.3) is 0 Å². The fourth-order valence-corrected chi connectivity index (χ4v) is 2.65. The van der Waals surface area contributed by atoms with E-state index in [9.17, 15) is 9.81 Å². The number of nitroso groups, excluding NO2 is 2. The molecule has 30 heavy (non-hydrogen) atoms. The van der Waals surface area contributed by atoms with Gasteiger partial charge in [0.15, 0.2) is 0 Å². The van der Waals surface area contributed by atoms with Crippen LogP contribution in [0.3, 0.4) is 0 Å². The number of nitrogens with zero attached hydrogens (tertiary/aromatic N) is 8. The number of hydrogen-bond donors (Lipinski definition) is 4. The van der Waals surface area contributed by atoms with Crippen molar-refractivity contribution in [1.29, 1.82) is 0 Å². The number of fused-ring (bicyclic) bond motifs is 6. The highest BCUT2D eigenvalue weighted by Gasteiger charge is 2.25. The van der Waals surface area contributed by atoms with Gasteiger partial charge in [-0.25, -0.2) is 29.9 Å². The van der Waals surface area contributed by atoms with Crippen molar-refractivity contribution in [2.24, 2.45) is 33.9 Å². The third-order valence-corrected chi connectivity index (χ3v) is 3.82. The van der Waals surface area contributed by atoms with Crippen LogP contribution in [0.15, 0.2) is 10.4 Å². The minimum Gasteiger partial charge on any atom is -0.385 e. The molecular formula is C12H8N12O6. The highest BCUT2D eigenvalue weighted by Crippen LogP contribution is 2.38. The lowest BCUT2D eigenvalue weighted by Crippen LogP contribution is -2.13. The van der Waals surface area contributed by atoms with Crippen LogP contribution in [0, 0.1) is 9.81 Å². The molecule has 0 saturated heterocycles. The molecule has 0 aliphatic rings. The molecule has 8 N–H and O–H groups in total. The molecule has 18 heteroatoms. The minimum atomic E-state index is -0.612. The Morgan fingerprint density at radius 2 is 0.700 bits per heavy atom. The lowest BCUT2D eigenvalue weighted by molar-refractivity contribution is 0.263. The third-order valence-electron chi connectivity index (χ3n) is 3.82. The second-order valence-corrected chi connectivity index (χ2v) is 5.28. The first-order chi connectivity index (χ1) is 14.6. The third kappa shape index (κ3) is 2.61. The summed E-state index contributed by atoms with van der Waals surface area (Å²) in [5, 5.41) is 5.26. The fraction of sp³-hybridized carbons (Fsp3) is 0. The van der Waals surface area contributed by atoms with Crippen molar-refractivity contribution < 1.29 is 19.4 Å². The molecule has 4 rings (SSSR count). The lowest BCUT2D eigenvalue weighted by Gasteiger charge is -2.11. The van der Waals surface area contributed by atoms with E-state index in [1.54, 1.807) is 0 Å². The number of aromatic nitrogens is 6. The summed E-state index contributed by atoms with van der Waals surface area (Å²) in [6.07, 6.45) is 0. The van der Waals surface area contributed by atoms with E-state index in [1.165, 1.54) is 0 Å². The highest BCUT2D eigenvalue weighted by molar-refractivity contribution is 6.18. The number of hydrogen-bond acceptors (Lipinski definition) is 18. The van der Waals surface area contributed by atoms with E-state index in [4.69, 9.17) is 23.6 Å². The topological polar surface area (TPSA) is 277 Å². The van der Waals surface area contributed by atoms with Gasteiger partial charge in [0.05, 0.1) is 0 Å². The molecule has 0 aliphatic carbocycles. The van der Waals surface area contributed by atoms with E-state index < -0.39 is 11.6 Å². The van der Waals surface area contributed by atoms with E-state index in [2.05, 4.69) is 59.6 Å². The molecule has 4 aromatic rings. The fourth-order valence-electron chi connectivity index (χ4n) is 2.65. The van der Waals surface area contributed by atoms with Gasteiger partial charge < -0.3 is 19.4 Å². The van der Waals surface area contributed by atoms with E-state index in [0.717, 1.165) is 0 Å². The van der Waals surface area contributed by atoms with E-state index >= 15 is 0 Å². The first-order valence-corrected chi connectivity index (χ1v) is 7.50. The van der Waals surface area contributed by atoms with E-state index in [-0.39, 0.29) is 56.6 Å². The first kappa shape index (κ1) is 18.8. The van der Waals surface area contributed by atoms with Crippen LogP contribution in [-0.2, 0) is 0 Å². The Morgan fingerprint density at radius 1 is 0.467 bits per heavy atom. The summed E-state index contributed by atoms with van der Waals surface area (Å²) in [4.78, 5) is 64.9. The second-order valence-electron chi connectivity index (χ2n) is 5.28. The van der Waals surface area contributed by atoms with Crippen LogP contribution in [0.5, 0.6) is 23.5 Å². The van der Waals surface area contributed by atoms with Crippen molar-refractivity contribution in [1.82, 2.24) is 29.9 Å². The van der Waals surface area contributed by atoms with Crippen molar-refractivity contribution in [3.8, 4) is 23.5 Å². The Morgan fingerprint density at radius 3 is 0.900 bits per heavy atom. The summed E-state index contributed by atoms with van der Waals surface area (Å²) in [6, 6.07) is 0. The van der Waals surface area contributed by atoms with Gasteiger partial charge in [0.2, 0.25) is 11.6 Å². The Hall–Kier alpha value is -4.52. The van der Waals surface area contributed by atoms with Crippen LogP contribution < -0.4 is 42.9 Å². The molecule has 1 aromatic carbocycles. The molecule has 3 aromatic heterocycles. The molecule has 0 spiro atoms. The predicted octanol–water partition coefficient (Wildman–Crippen LogP) is -0.678. The largest absolute Gasteiger partial charge is 0.385 e. The quantitative estimate of drug-likeness (QED) is 0.172. The van der Waals surface area contributed by atoms with Crippen LogP contribution in [0.1, 0.15) is 0 Å². The Kier molecular flexibility index (Phi) is 4.48. The first-order valence-electron chi connectivity index (χ1n) is 7.50. The summed E-state index contributed by atoms with van der Waals surface area (Å²) in [5.74, 6) is 18.1. The standard InChI is InChI=1S/C12H8N12O6/c13-27-9-11(29-15)21-5-3(19-9)1-2(18-8(24-26)7(17-1)23-25)4-6(5)22-12(30-16)10(20-4)28-14/h13-16H2. The molecule has 0 fully saturated rings. The van der Waals surface area contributed by atoms with Gasteiger partial charge in [-0.2, -0.15) is 23.6 Å². The minimum absolute atomic E-state index is 0.0221. The van der Waals surface area contributed by atoms with Crippen molar-refractivity contribution in [3.63, 3.8) is 0 Å². The average Bonchev–Trinajstić information content (AvgIpc) is 2.81.